The fraction of sp³-hybridized carbons (Fsp3) is 0.0588. The average Bonchev–Trinajstić information content (AvgIpc) is 2.40. The quantitative estimate of drug-likeness (QED) is 0.672. The molecule has 0 amide bonds. The van der Waals surface area contributed by atoms with Crippen molar-refractivity contribution in [3.8, 4) is 11.1 Å². The van der Waals surface area contributed by atoms with Gasteiger partial charge in [0.25, 0.3) is 0 Å². The van der Waals surface area contributed by atoms with E-state index < -0.39 is 0 Å². The minimum atomic E-state index is 1.11. The predicted octanol–water partition coefficient (Wildman–Crippen LogP) is 5.79. The Kier molecular flexibility index (Phi) is 4.16. The van der Waals surface area contributed by atoms with Crippen LogP contribution < -0.4 is 0 Å². The Bertz CT molecular complexity index is 594. The Hall–Kier alpha value is -1.60. The first-order valence-corrected chi connectivity index (χ1v) is 6.69. The zero-order chi connectivity index (χ0) is 13.0. The minimum Gasteiger partial charge on any atom is -0.0984 e. The topological polar surface area (TPSA) is 0 Å². The smallest absolute Gasteiger partial charge is 0.0253 e. The van der Waals surface area contributed by atoms with E-state index in [1.807, 2.05) is 25.1 Å². The molecule has 2 aromatic carbocycles. The van der Waals surface area contributed by atoms with Crippen LogP contribution in [0.15, 0.2) is 59.6 Å². The summed E-state index contributed by atoms with van der Waals surface area (Å²) in [5, 5.41) is 0. The van der Waals surface area contributed by atoms with E-state index in [1.165, 1.54) is 16.7 Å². The van der Waals surface area contributed by atoms with Crippen LogP contribution in [-0.4, -0.2) is 0 Å². The molecule has 0 aliphatic rings. The first-order valence-electron chi connectivity index (χ1n) is 5.90. The summed E-state index contributed by atoms with van der Waals surface area (Å²) in [5.74, 6) is 0. The van der Waals surface area contributed by atoms with Crippen LogP contribution in [0.1, 0.15) is 18.1 Å². The lowest BCUT2D eigenvalue weighted by atomic mass is 9.99. The van der Waals surface area contributed by atoms with Crippen molar-refractivity contribution in [1.82, 2.24) is 0 Å². The van der Waals surface area contributed by atoms with Crippen molar-refractivity contribution in [1.29, 1.82) is 0 Å². The zero-order valence-corrected chi connectivity index (χ0v) is 11.9. The molecule has 0 fully saturated rings. The Morgan fingerprint density at radius 1 is 1.06 bits per heavy atom. The van der Waals surface area contributed by atoms with Gasteiger partial charge in [0.15, 0.2) is 0 Å². The first kappa shape index (κ1) is 12.8. The molecule has 0 saturated carbocycles. The number of halogens is 1. The lowest BCUT2D eigenvalue weighted by molar-refractivity contribution is 1.55. The van der Waals surface area contributed by atoms with E-state index in [4.69, 9.17) is 0 Å². The van der Waals surface area contributed by atoms with Gasteiger partial charge >= 0.3 is 0 Å². The number of rotatable bonds is 3. The molecule has 0 nitrogen and oxygen atoms in total. The van der Waals surface area contributed by atoms with Gasteiger partial charge in [-0.3, -0.25) is 0 Å². The van der Waals surface area contributed by atoms with Crippen LogP contribution in [0.25, 0.3) is 23.3 Å². The van der Waals surface area contributed by atoms with Gasteiger partial charge in [0.05, 0.1) is 0 Å². The number of hydrogen-bond donors (Lipinski definition) is 0. The SMILES string of the molecule is C=Cc1ccc(-c2ccccc2Br)cc1/C=C\C. The van der Waals surface area contributed by atoms with E-state index in [1.54, 1.807) is 0 Å². The van der Waals surface area contributed by atoms with Gasteiger partial charge in [0, 0.05) is 4.47 Å². The molecule has 18 heavy (non-hydrogen) atoms. The monoisotopic (exact) mass is 298 g/mol. The predicted molar refractivity (Wildman–Crippen MR) is 84.4 cm³/mol. The van der Waals surface area contributed by atoms with Crippen molar-refractivity contribution in [3.63, 3.8) is 0 Å². The molecule has 0 unspecified atom stereocenters. The van der Waals surface area contributed by atoms with Crippen LogP contribution in [0.2, 0.25) is 0 Å². The van der Waals surface area contributed by atoms with Gasteiger partial charge in [0.2, 0.25) is 0 Å². The Labute approximate surface area is 117 Å². The Morgan fingerprint density at radius 2 is 1.83 bits per heavy atom. The second-order valence-corrected chi connectivity index (χ2v) is 4.88. The van der Waals surface area contributed by atoms with Crippen LogP contribution >= 0.6 is 15.9 Å². The Balaban J connectivity index is 2.57. The highest BCUT2D eigenvalue weighted by Gasteiger charge is 2.04. The number of allylic oxidation sites excluding steroid dienone is 1. The summed E-state index contributed by atoms with van der Waals surface area (Å²) in [7, 11) is 0. The van der Waals surface area contributed by atoms with Gasteiger partial charge in [-0.25, -0.2) is 0 Å². The highest BCUT2D eigenvalue weighted by atomic mass is 79.9. The van der Waals surface area contributed by atoms with Crippen LogP contribution in [0.4, 0.5) is 0 Å². The standard InChI is InChI=1S/C17H15Br/c1-3-7-14-12-15(11-10-13(14)4-2)16-8-5-6-9-17(16)18/h3-12H,2H2,1H3/b7-3-. The van der Waals surface area contributed by atoms with Crippen molar-refractivity contribution in [2.24, 2.45) is 0 Å². The maximum absolute atomic E-state index is 3.85. The van der Waals surface area contributed by atoms with Gasteiger partial charge in [0.1, 0.15) is 0 Å². The Morgan fingerprint density at radius 3 is 2.50 bits per heavy atom. The summed E-state index contributed by atoms with van der Waals surface area (Å²) in [6.45, 7) is 5.88. The van der Waals surface area contributed by atoms with Crippen LogP contribution in [0.3, 0.4) is 0 Å². The van der Waals surface area contributed by atoms with Gasteiger partial charge < -0.3 is 0 Å². The van der Waals surface area contributed by atoms with Crippen molar-refractivity contribution >= 4 is 28.1 Å². The normalized spacial score (nSPS) is 10.8. The molecule has 0 N–H and O–H groups in total. The van der Waals surface area contributed by atoms with Crippen molar-refractivity contribution in [2.75, 3.05) is 0 Å². The molecule has 0 bridgehead atoms. The third kappa shape index (κ3) is 2.62. The molecule has 0 aromatic heterocycles. The van der Waals surface area contributed by atoms with E-state index in [9.17, 15) is 0 Å². The second-order valence-electron chi connectivity index (χ2n) is 4.03. The van der Waals surface area contributed by atoms with Gasteiger partial charge in [-0.1, -0.05) is 71.1 Å². The molecule has 0 radical (unpaired) electrons. The van der Waals surface area contributed by atoms with E-state index in [0.717, 1.165) is 10.0 Å². The summed E-state index contributed by atoms with van der Waals surface area (Å²) >= 11 is 3.59. The van der Waals surface area contributed by atoms with Crippen molar-refractivity contribution in [2.45, 2.75) is 6.92 Å². The number of benzene rings is 2. The third-order valence-corrected chi connectivity index (χ3v) is 3.53. The maximum Gasteiger partial charge on any atom is 0.0253 e. The van der Waals surface area contributed by atoms with Crippen molar-refractivity contribution < 1.29 is 0 Å². The minimum absolute atomic E-state index is 1.11. The molecule has 1 heteroatoms. The van der Waals surface area contributed by atoms with Gasteiger partial charge in [-0.05, 0) is 41.3 Å². The highest BCUT2D eigenvalue weighted by Crippen LogP contribution is 2.30. The molecule has 0 heterocycles. The largest absolute Gasteiger partial charge is 0.0984 e. The van der Waals surface area contributed by atoms with E-state index in [2.05, 4.69) is 65.0 Å². The fourth-order valence-corrected chi connectivity index (χ4v) is 2.46. The van der Waals surface area contributed by atoms with Crippen LogP contribution in [0, 0.1) is 0 Å². The van der Waals surface area contributed by atoms with E-state index in [0.29, 0.717) is 0 Å². The fourth-order valence-electron chi connectivity index (χ4n) is 1.95. The molecule has 0 aliphatic carbocycles. The van der Waals surface area contributed by atoms with Gasteiger partial charge in [-0.15, -0.1) is 0 Å². The molecular weight excluding hydrogens is 284 g/mol. The summed E-state index contributed by atoms with van der Waals surface area (Å²) in [4.78, 5) is 0. The third-order valence-electron chi connectivity index (χ3n) is 2.84. The van der Waals surface area contributed by atoms with E-state index >= 15 is 0 Å². The molecule has 90 valence electrons. The number of hydrogen-bond acceptors (Lipinski definition) is 0. The zero-order valence-electron chi connectivity index (χ0n) is 10.4. The summed E-state index contributed by atoms with van der Waals surface area (Å²) in [5.41, 5.74) is 4.77. The molecule has 0 aliphatic heterocycles. The molecule has 0 spiro atoms. The molecule has 0 atom stereocenters. The molecule has 2 rings (SSSR count). The van der Waals surface area contributed by atoms with Crippen LogP contribution in [-0.2, 0) is 0 Å². The van der Waals surface area contributed by atoms with Crippen molar-refractivity contribution in [3.05, 3.63) is 70.7 Å². The molecular formula is C17H15Br. The maximum atomic E-state index is 3.85. The average molecular weight is 299 g/mol. The lowest BCUT2D eigenvalue weighted by Gasteiger charge is -2.08. The summed E-state index contributed by atoms with van der Waals surface area (Å²) in [6.07, 6.45) is 6.04. The van der Waals surface area contributed by atoms with Gasteiger partial charge in [-0.2, -0.15) is 0 Å². The second kappa shape index (κ2) is 5.83. The summed E-state index contributed by atoms with van der Waals surface area (Å²) in [6, 6.07) is 14.7. The molecule has 2 aromatic rings. The summed E-state index contributed by atoms with van der Waals surface area (Å²) < 4.78 is 1.11. The highest BCUT2D eigenvalue weighted by molar-refractivity contribution is 9.10. The first-order chi connectivity index (χ1) is 8.76. The molecule has 0 saturated heterocycles. The van der Waals surface area contributed by atoms with E-state index in [-0.39, 0.29) is 0 Å². The lowest BCUT2D eigenvalue weighted by Crippen LogP contribution is -1.85. The van der Waals surface area contributed by atoms with Crippen LogP contribution in [0.5, 0.6) is 0 Å².